The number of hydrogen-bond donors (Lipinski definition) is 2. The molecule has 2 N–H and O–H groups in total. The number of ether oxygens (including phenoxy) is 2. The molecule has 0 aromatic carbocycles. The second-order valence-corrected chi connectivity index (χ2v) is 7.86. The number of esters is 1. The van der Waals surface area contributed by atoms with Crippen LogP contribution in [0.5, 0.6) is 0 Å². The molecule has 25 heavy (non-hydrogen) atoms. The third-order valence-electron chi connectivity index (χ3n) is 4.37. The average Bonchev–Trinajstić information content (AvgIpc) is 2.58. The molecule has 0 spiro atoms. The minimum Gasteiger partial charge on any atom is -0.428 e. The molecule has 7 nitrogen and oxygen atoms in total. The molecule has 0 saturated heterocycles. The highest BCUT2D eigenvalue weighted by atomic mass is 31.1. The van der Waals surface area contributed by atoms with Crippen LogP contribution in [0.15, 0.2) is 0 Å². The van der Waals surface area contributed by atoms with Gasteiger partial charge in [0.15, 0.2) is 14.3 Å². The van der Waals surface area contributed by atoms with E-state index < -0.39 is 27.2 Å². The first-order valence-corrected chi connectivity index (χ1v) is 10.4. The molecule has 0 heterocycles. The van der Waals surface area contributed by atoms with Gasteiger partial charge in [-0.2, -0.15) is 0 Å². The van der Waals surface area contributed by atoms with Gasteiger partial charge in [-0.1, -0.05) is 26.2 Å². The lowest BCUT2D eigenvalue weighted by Crippen LogP contribution is -2.33. The molecule has 3 atom stereocenters. The molecule has 1 fully saturated rings. The summed E-state index contributed by atoms with van der Waals surface area (Å²) in [6, 6.07) is 0. The van der Waals surface area contributed by atoms with Crippen LogP contribution in [0.4, 0.5) is 9.18 Å². The second-order valence-electron chi connectivity index (χ2n) is 6.57. The van der Waals surface area contributed by atoms with E-state index in [2.05, 4.69) is 4.74 Å². The number of hydrogen-bond acceptors (Lipinski definition) is 5. The van der Waals surface area contributed by atoms with Crippen LogP contribution in [0.25, 0.3) is 0 Å². The van der Waals surface area contributed by atoms with Gasteiger partial charge in [-0.15, -0.1) is 0 Å². The zero-order valence-corrected chi connectivity index (χ0v) is 15.7. The highest BCUT2D eigenvalue weighted by Gasteiger charge is 2.23. The van der Waals surface area contributed by atoms with Crippen molar-refractivity contribution in [1.82, 2.24) is 5.32 Å². The van der Waals surface area contributed by atoms with Crippen LogP contribution in [0.1, 0.15) is 58.3 Å². The lowest BCUT2D eigenvalue weighted by Gasteiger charge is -2.19. The molecule has 1 aliphatic carbocycles. The molecular weight excluding hydrogens is 352 g/mol. The fraction of sp³-hybridized carbons (Fsp3) is 0.875. The maximum atomic E-state index is 13.7. The Kier molecular flexibility index (Phi) is 10.7. The van der Waals surface area contributed by atoms with E-state index >= 15 is 0 Å². The van der Waals surface area contributed by atoms with Crippen molar-refractivity contribution in [3.63, 3.8) is 0 Å². The molecule has 146 valence electrons. The van der Waals surface area contributed by atoms with Crippen LogP contribution in [0, 0.1) is 11.8 Å². The molecule has 0 aliphatic heterocycles. The van der Waals surface area contributed by atoms with E-state index in [-0.39, 0.29) is 30.4 Å². The fourth-order valence-corrected chi connectivity index (χ4v) is 3.52. The quantitative estimate of drug-likeness (QED) is 0.260. The summed E-state index contributed by atoms with van der Waals surface area (Å²) in [6.07, 6.45) is 3.49. The first-order valence-electron chi connectivity index (χ1n) is 8.84. The van der Waals surface area contributed by atoms with E-state index in [9.17, 15) is 18.5 Å². The monoisotopic (exact) mass is 381 g/mol. The zero-order chi connectivity index (χ0) is 18.7. The van der Waals surface area contributed by atoms with Crippen molar-refractivity contribution in [2.24, 2.45) is 11.8 Å². The Balaban J connectivity index is 2.10. The summed E-state index contributed by atoms with van der Waals surface area (Å²) in [6.45, 7) is 1.34. The Morgan fingerprint density at radius 2 is 1.88 bits per heavy atom. The molecule has 0 bridgehead atoms. The molecule has 1 rings (SSSR count). The number of carbonyl (C=O) groups is 2. The molecule has 0 aromatic heterocycles. The van der Waals surface area contributed by atoms with Crippen molar-refractivity contribution in [3.8, 4) is 0 Å². The SMILES string of the molecule is CC(CCC(F)NC(=O)OCOC(=O)C1CCCCC1)CC[PH](=O)O. The molecule has 9 heteroatoms. The third kappa shape index (κ3) is 10.4. The van der Waals surface area contributed by atoms with Crippen LogP contribution < -0.4 is 5.32 Å². The Bertz CT molecular complexity index is 444. The summed E-state index contributed by atoms with van der Waals surface area (Å²) < 4.78 is 33.9. The van der Waals surface area contributed by atoms with Crippen molar-refractivity contribution in [2.45, 2.75) is 64.6 Å². The van der Waals surface area contributed by atoms with Crippen LogP contribution in [-0.4, -0.2) is 36.2 Å². The number of alkyl halides is 1. The second kappa shape index (κ2) is 12.3. The van der Waals surface area contributed by atoms with Gasteiger partial charge in [-0.05, 0) is 38.0 Å². The van der Waals surface area contributed by atoms with Gasteiger partial charge in [-0.25, -0.2) is 9.18 Å². The summed E-state index contributed by atoms with van der Waals surface area (Å²) in [5.74, 6) is -0.416. The number of halogens is 1. The van der Waals surface area contributed by atoms with E-state index in [0.717, 1.165) is 32.1 Å². The molecule has 3 unspecified atom stereocenters. The Labute approximate surface area is 148 Å². The highest BCUT2D eigenvalue weighted by Crippen LogP contribution is 2.24. The van der Waals surface area contributed by atoms with E-state index in [1.807, 2.05) is 12.2 Å². The van der Waals surface area contributed by atoms with E-state index in [1.54, 1.807) is 0 Å². The summed E-state index contributed by atoms with van der Waals surface area (Å²) in [7, 11) is -2.49. The van der Waals surface area contributed by atoms with Crippen LogP contribution in [-0.2, 0) is 18.8 Å². The number of nitrogens with one attached hydrogen (secondary N) is 1. The van der Waals surface area contributed by atoms with Gasteiger partial charge >= 0.3 is 12.1 Å². The van der Waals surface area contributed by atoms with Gasteiger partial charge in [0.05, 0.1) is 5.92 Å². The fourth-order valence-electron chi connectivity index (χ4n) is 2.78. The molecule has 0 radical (unpaired) electrons. The molecule has 1 saturated carbocycles. The van der Waals surface area contributed by atoms with Crippen LogP contribution >= 0.6 is 8.03 Å². The summed E-state index contributed by atoms with van der Waals surface area (Å²) >= 11 is 0. The topological polar surface area (TPSA) is 102 Å². The zero-order valence-electron chi connectivity index (χ0n) is 14.7. The number of alkyl carbamates (subject to hydrolysis) is 1. The van der Waals surface area contributed by atoms with Crippen molar-refractivity contribution < 1.29 is 32.9 Å². The summed E-state index contributed by atoms with van der Waals surface area (Å²) in [4.78, 5) is 31.9. The predicted molar refractivity (Wildman–Crippen MR) is 91.1 cm³/mol. The molecule has 0 aromatic rings. The lowest BCUT2D eigenvalue weighted by atomic mass is 9.89. The van der Waals surface area contributed by atoms with E-state index in [4.69, 9.17) is 9.63 Å². The lowest BCUT2D eigenvalue weighted by molar-refractivity contribution is -0.158. The first kappa shape index (κ1) is 21.9. The minimum absolute atomic E-state index is 0.0878. The van der Waals surface area contributed by atoms with E-state index in [0.29, 0.717) is 12.8 Å². The largest absolute Gasteiger partial charge is 0.428 e. The van der Waals surface area contributed by atoms with Gasteiger partial charge < -0.3 is 14.4 Å². The van der Waals surface area contributed by atoms with Gasteiger partial charge in [0, 0.05) is 6.16 Å². The number of carbonyl (C=O) groups excluding carboxylic acids is 2. The number of amides is 1. The average molecular weight is 381 g/mol. The summed E-state index contributed by atoms with van der Waals surface area (Å²) in [5, 5.41) is 2.03. The molecule has 1 amide bonds. The van der Waals surface area contributed by atoms with Gasteiger partial charge in [-0.3, -0.25) is 14.7 Å². The standard InChI is InChI=1S/C16H29FNO6P/c1-12(9-10-25(21)22)7-8-14(17)18-16(20)24-11-23-15(19)13-5-3-2-4-6-13/h12-14,25H,2-11H2,1H3,(H,18,20)(H,21,22). The molecule has 1 aliphatic rings. The highest BCUT2D eigenvalue weighted by molar-refractivity contribution is 7.37. The maximum Gasteiger partial charge on any atom is 0.412 e. The first-order chi connectivity index (χ1) is 11.9. The van der Waals surface area contributed by atoms with Crippen molar-refractivity contribution in [3.05, 3.63) is 0 Å². The third-order valence-corrected chi connectivity index (χ3v) is 5.08. The van der Waals surface area contributed by atoms with Crippen molar-refractivity contribution in [2.75, 3.05) is 13.0 Å². The van der Waals surface area contributed by atoms with Crippen LogP contribution in [0.2, 0.25) is 0 Å². The predicted octanol–water partition coefficient (Wildman–Crippen LogP) is 3.36. The summed E-state index contributed by atoms with van der Waals surface area (Å²) in [5.41, 5.74) is 0. The molecular formula is C16H29FNO6P. The number of rotatable bonds is 10. The Hall–Kier alpha value is -1.14. The van der Waals surface area contributed by atoms with Crippen LogP contribution in [0.3, 0.4) is 0 Å². The minimum atomic E-state index is -2.49. The van der Waals surface area contributed by atoms with E-state index in [1.165, 1.54) is 0 Å². The smallest absolute Gasteiger partial charge is 0.412 e. The van der Waals surface area contributed by atoms with Gasteiger partial charge in [0.25, 0.3) is 0 Å². The van der Waals surface area contributed by atoms with Crippen molar-refractivity contribution in [1.29, 1.82) is 0 Å². The Morgan fingerprint density at radius 3 is 2.52 bits per heavy atom. The maximum absolute atomic E-state index is 13.7. The van der Waals surface area contributed by atoms with Crippen molar-refractivity contribution >= 4 is 20.1 Å². The Morgan fingerprint density at radius 1 is 1.20 bits per heavy atom. The van der Waals surface area contributed by atoms with Gasteiger partial charge in [0.2, 0.25) is 6.79 Å². The normalized spacial score (nSPS) is 18.8. The van der Waals surface area contributed by atoms with Gasteiger partial charge in [0.1, 0.15) is 0 Å².